The summed E-state index contributed by atoms with van der Waals surface area (Å²) in [5, 5.41) is 4.02. The van der Waals surface area contributed by atoms with Gasteiger partial charge in [-0.2, -0.15) is 0 Å². The zero-order valence-corrected chi connectivity index (χ0v) is 9.98. The zero-order chi connectivity index (χ0) is 10.1. The molecule has 2 unspecified atom stereocenters. The topological polar surface area (TPSA) is 29.0 Å². The van der Waals surface area contributed by atoms with Gasteiger partial charge in [-0.3, -0.25) is 4.90 Å². The molecule has 2 atom stereocenters. The van der Waals surface area contributed by atoms with Gasteiger partial charge in [-0.15, -0.1) is 5.10 Å². The Kier molecular flexibility index (Phi) is 3.04. The highest BCUT2D eigenvalue weighted by Gasteiger charge is 2.26. The Balaban J connectivity index is 1.97. The molecule has 1 aliphatic rings. The second-order valence-electron chi connectivity index (χ2n) is 4.14. The summed E-state index contributed by atoms with van der Waals surface area (Å²) in [6.45, 7) is 7.74. The summed E-state index contributed by atoms with van der Waals surface area (Å²) in [5.41, 5.74) is 0.929. The fourth-order valence-electron chi connectivity index (χ4n) is 1.88. The maximum Gasteiger partial charge on any atom is 0.138 e. The van der Waals surface area contributed by atoms with Crippen LogP contribution in [0.1, 0.15) is 19.5 Å². The van der Waals surface area contributed by atoms with Crippen molar-refractivity contribution in [3.05, 3.63) is 10.0 Å². The van der Waals surface area contributed by atoms with Crippen LogP contribution in [0.25, 0.3) is 0 Å². The van der Waals surface area contributed by atoms with Gasteiger partial charge in [0.05, 0.1) is 0 Å². The maximum atomic E-state index is 5.96. The molecule has 2 heterocycles. The lowest BCUT2D eigenvalue weighted by atomic mass is 10.0. The zero-order valence-electron chi connectivity index (χ0n) is 8.40. The monoisotopic (exact) mass is 231 g/mol. The Morgan fingerprint density at radius 1 is 1.43 bits per heavy atom. The van der Waals surface area contributed by atoms with E-state index in [9.17, 15) is 0 Å². The molecule has 5 heteroatoms. The van der Waals surface area contributed by atoms with Gasteiger partial charge in [0, 0.05) is 31.2 Å². The van der Waals surface area contributed by atoms with E-state index in [0.717, 1.165) is 41.5 Å². The lowest BCUT2D eigenvalue weighted by molar-refractivity contribution is 0.312. The van der Waals surface area contributed by atoms with E-state index in [4.69, 9.17) is 11.6 Å². The summed E-state index contributed by atoms with van der Waals surface area (Å²) in [7, 11) is 0. The van der Waals surface area contributed by atoms with Crippen molar-refractivity contribution in [2.75, 3.05) is 13.1 Å². The Morgan fingerprint density at radius 2 is 2.07 bits per heavy atom. The first-order valence-electron chi connectivity index (χ1n) is 4.86. The van der Waals surface area contributed by atoms with Crippen molar-refractivity contribution in [1.82, 2.24) is 14.5 Å². The molecule has 0 aliphatic carbocycles. The molecular formula is C9H14ClN3S. The van der Waals surface area contributed by atoms with Crippen molar-refractivity contribution in [1.29, 1.82) is 0 Å². The second-order valence-corrected chi connectivity index (χ2v) is 5.50. The highest BCUT2D eigenvalue weighted by Crippen LogP contribution is 2.25. The van der Waals surface area contributed by atoms with Crippen molar-refractivity contribution < 1.29 is 0 Å². The van der Waals surface area contributed by atoms with Crippen LogP contribution < -0.4 is 0 Å². The Bertz CT molecular complexity index is 305. The molecule has 0 radical (unpaired) electrons. The van der Waals surface area contributed by atoms with Crippen LogP contribution >= 0.6 is 23.1 Å². The van der Waals surface area contributed by atoms with E-state index in [1.807, 2.05) is 0 Å². The van der Waals surface area contributed by atoms with Gasteiger partial charge in [0.2, 0.25) is 0 Å². The predicted molar refractivity (Wildman–Crippen MR) is 58.5 cm³/mol. The minimum absolute atomic E-state index is 0.734. The molecular weight excluding hydrogens is 218 g/mol. The molecule has 0 saturated carbocycles. The van der Waals surface area contributed by atoms with E-state index in [-0.39, 0.29) is 0 Å². The molecule has 0 spiro atoms. The van der Waals surface area contributed by atoms with Crippen LogP contribution in [-0.4, -0.2) is 27.6 Å². The first kappa shape index (κ1) is 10.3. The number of nitrogens with zero attached hydrogens (tertiary/aromatic N) is 3. The maximum absolute atomic E-state index is 5.96. The molecule has 0 amide bonds. The van der Waals surface area contributed by atoms with E-state index in [1.165, 1.54) is 11.5 Å². The van der Waals surface area contributed by atoms with Crippen LogP contribution in [0.3, 0.4) is 0 Å². The third-order valence-electron chi connectivity index (χ3n) is 2.95. The van der Waals surface area contributed by atoms with Gasteiger partial charge >= 0.3 is 0 Å². The van der Waals surface area contributed by atoms with Crippen molar-refractivity contribution >= 4 is 23.1 Å². The number of likely N-dealkylation sites (tertiary alicyclic amines) is 1. The average Bonchev–Trinajstić information content (AvgIpc) is 2.63. The second kappa shape index (κ2) is 4.13. The van der Waals surface area contributed by atoms with Crippen LogP contribution in [0.5, 0.6) is 0 Å². The molecule has 1 saturated heterocycles. The molecule has 1 fully saturated rings. The lowest BCUT2D eigenvalue weighted by Crippen LogP contribution is -2.20. The molecule has 14 heavy (non-hydrogen) atoms. The number of aromatic nitrogens is 2. The Labute approximate surface area is 93.2 Å². The Hall–Kier alpha value is -0.190. The molecule has 3 nitrogen and oxygen atoms in total. The normalized spacial score (nSPS) is 28.5. The molecule has 2 rings (SSSR count). The minimum atomic E-state index is 0.734. The molecule has 0 N–H and O–H groups in total. The van der Waals surface area contributed by atoms with Gasteiger partial charge in [-0.05, 0) is 11.8 Å². The SMILES string of the molecule is CC1CN(Cc2nnsc2Cl)CC1C. The lowest BCUT2D eigenvalue weighted by Gasteiger charge is -2.12. The van der Waals surface area contributed by atoms with E-state index >= 15 is 0 Å². The minimum Gasteiger partial charge on any atom is -0.297 e. The van der Waals surface area contributed by atoms with Gasteiger partial charge in [0.15, 0.2) is 0 Å². The van der Waals surface area contributed by atoms with Gasteiger partial charge in [0.1, 0.15) is 10.0 Å². The summed E-state index contributed by atoms with van der Waals surface area (Å²) in [4.78, 5) is 2.40. The summed E-state index contributed by atoms with van der Waals surface area (Å²) < 4.78 is 4.57. The van der Waals surface area contributed by atoms with E-state index in [0.29, 0.717) is 0 Å². The van der Waals surface area contributed by atoms with Crippen molar-refractivity contribution in [2.45, 2.75) is 20.4 Å². The van der Waals surface area contributed by atoms with E-state index in [2.05, 4.69) is 28.3 Å². The summed E-state index contributed by atoms with van der Waals surface area (Å²) >= 11 is 7.22. The van der Waals surface area contributed by atoms with Crippen molar-refractivity contribution in [3.63, 3.8) is 0 Å². The highest BCUT2D eigenvalue weighted by molar-refractivity contribution is 7.10. The van der Waals surface area contributed by atoms with Crippen molar-refractivity contribution in [2.24, 2.45) is 11.8 Å². The fourth-order valence-corrected chi connectivity index (χ4v) is 2.49. The molecule has 78 valence electrons. The first-order valence-corrected chi connectivity index (χ1v) is 6.01. The predicted octanol–water partition coefficient (Wildman–Crippen LogP) is 2.28. The summed E-state index contributed by atoms with van der Waals surface area (Å²) in [5.74, 6) is 1.56. The third kappa shape index (κ3) is 2.07. The smallest absolute Gasteiger partial charge is 0.138 e. The molecule has 0 aromatic carbocycles. The van der Waals surface area contributed by atoms with Crippen LogP contribution in [0.2, 0.25) is 4.34 Å². The van der Waals surface area contributed by atoms with E-state index < -0.39 is 0 Å². The van der Waals surface area contributed by atoms with Gasteiger partial charge < -0.3 is 0 Å². The van der Waals surface area contributed by atoms with Gasteiger partial charge in [-0.1, -0.05) is 29.9 Å². The van der Waals surface area contributed by atoms with Crippen LogP contribution in [-0.2, 0) is 6.54 Å². The number of hydrogen-bond acceptors (Lipinski definition) is 4. The van der Waals surface area contributed by atoms with Crippen molar-refractivity contribution in [3.8, 4) is 0 Å². The van der Waals surface area contributed by atoms with Gasteiger partial charge in [-0.25, -0.2) is 0 Å². The molecule has 1 aliphatic heterocycles. The third-order valence-corrected chi connectivity index (χ3v) is 3.93. The highest BCUT2D eigenvalue weighted by atomic mass is 35.5. The standard InChI is InChI=1S/C9H14ClN3S/c1-6-3-13(4-7(6)2)5-8-9(10)14-12-11-8/h6-7H,3-5H2,1-2H3. The number of hydrogen-bond donors (Lipinski definition) is 0. The quantitative estimate of drug-likeness (QED) is 0.782. The summed E-state index contributed by atoms with van der Waals surface area (Å²) in [6, 6.07) is 0. The number of rotatable bonds is 2. The largest absolute Gasteiger partial charge is 0.297 e. The fraction of sp³-hybridized carbons (Fsp3) is 0.778. The first-order chi connectivity index (χ1) is 6.66. The van der Waals surface area contributed by atoms with Crippen LogP contribution in [0.15, 0.2) is 0 Å². The van der Waals surface area contributed by atoms with Crippen LogP contribution in [0, 0.1) is 11.8 Å². The Morgan fingerprint density at radius 3 is 2.57 bits per heavy atom. The molecule has 0 bridgehead atoms. The van der Waals surface area contributed by atoms with Crippen LogP contribution in [0.4, 0.5) is 0 Å². The molecule has 1 aromatic rings. The number of halogens is 1. The van der Waals surface area contributed by atoms with Gasteiger partial charge in [0.25, 0.3) is 0 Å². The average molecular weight is 232 g/mol. The summed E-state index contributed by atoms with van der Waals surface area (Å²) in [6.07, 6.45) is 0. The van der Waals surface area contributed by atoms with E-state index in [1.54, 1.807) is 0 Å². The molecule has 1 aromatic heterocycles.